The van der Waals surface area contributed by atoms with Crippen molar-refractivity contribution in [2.24, 2.45) is 5.92 Å². The number of pyridine rings is 2. The van der Waals surface area contributed by atoms with Crippen LogP contribution < -0.4 is 5.32 Å². The van der Waals surface area contributed by atoms with Crippen LogP contribution in [0.2, 0.25) is 0 Å². The normalized spacial score (nSPS) is 21.6. The van der Waals surface area contributed by atoms with E-state index in [1.165, 1.54) is 6.07 Å². The topological polar surface area (TPSA) is 93.1 Å². The van der Waals surface area contributed by atoms with Crippen molar-refractivity contribution in [3.05, 3.63) is 83.2 Å². The van der Waals surface area contributed by atoms with E-state index in [2.05, 4.69) is 30.4 Å². The number of alkyl halides is 1. The number of aromatic nitrogens is 4. The molecule has 0 bridgehead atoms. The van der Waals surface area contributed by atoms with Crippen LogP contribution in [0.3, 0.4) is 0 Å². The quantitative estimate of drug-likeness (QED) is 0.233. The first kappa shape index (κ1) is 31.7. The van der Waals surface area contributed by atoms with Crippen molar-refractivity contribution >= 4 is 16.8 Å². The Morgan fingerprint density at radius 2 is 1.91 bits per heavy atom. The summed E-state index contributed by atoms with van der Waals surface area (Å²) >= 11 is 0. The molecule has 7 rings (SSSR count). The molecule has 2 saturated heterocycles. The first-order valence-electron chi connectivity index (χ1n) is 16.9. The van der Waals surface area contributed by atoms with Gasteiger partial charge in [-0.15, -0.1) is 0 Å². The Kier molecular flexibility index (Phi) is 8.74. The van der Waals surface area contributed by atoms with Crippen molar-refractivity contribution in [3.63, 3.8) is 0 Å². The second-order valence-electron chi connectivity index (χ2n) is 13.9. The van der Waals surface area contributed by atoms with E-state index in [0.717, 1.165) is 80.0 Å². The standard InChI is InChI=1S/C37H42F2N6O2/c1-24(2)37(39)10-6-32-29(21-37)19-27-18-28(20-30(38)34(27)43-32)35(46)44-33(8-14-45-15-11-36(12-16-45)9-3-17-47-36)25-4-5-31(40-22-25)26-7-13-41-42-23-26/h4-5,7,13,18-20,22-24,33H,3,6,8-12,14-17,21H2,1-2H3,(H,44,46). The number of aryl methyl sites for hydroxylation is 1. The molecule has 2 unspecified atom stereocenters. The summed E-state index contributed by atoms with van der Waals surface area (Å²) in [6.07, 6.45) is 11.1. The van der Waals surface area contributed by atoms with Crippen molar-refractivity contribution < 1.29 is 18.3 Å². The van der Waals surface area contributed by atoms with Crippen LogP contribution in [0.5, 0.6) is 0 Å². The molecule has 2 aliphatic heterocycles. The Bertz CT molecular complexity index is 1740. The molecule has 2 fully saturated rings. The van der Waals surface area contributed by atoms with Gasteiger partial charge in [-0.25, -0.2) is 13.8 Å². The predicted octanol–water partition coefficient (Wildman–Crippen LogP) is 6.59. The summed E-state index contributed by atoms with van der Waals surface area (Å²) in [4.78, 5) is 25.5. The Hall–Kier alpha value is -3.89. The molecule has 47 heavy (non-hydrogen) atoms. The van der Waals surface area contributed by atoms with Gasteiger partial charge in [-0.3, -0.25) is 9.78 Å². The number of rotatable bonds is 8. The van der Waals surface area contributed by atoms with Gasteiger partial charge in [-0.05, 0) is 92.3 Å². The number of fused-ring (bicyclic) bond motifs is 2. The van der Waals surface area contributed by atoms with Gasteiger partial charge in [0.05, 0.1) is 29.7 Å². The molecule has 0 saturated carbocycles. The third-order valence-electron chi connectivity index (χ3n) is 10.7. The number of nitrogens with zero attached hydrogens (tertiary/aromatic N) is 5. The number of nitrogens with one attached hydrogen (secondary N) is 1. The summed E-state index contributed by atoms with van der Waals surface area (Å²) in [5.41, 5.74) is 3.15. The van der Waals surface area contributed by atoms with Gasteiger partial charge in [-0.2, -0.15) is 10.2 Å². The average Bonchev–Trinajstić information content (AvgIpc) is 3.54. The van der Waals surface area contributed by atoms with Crippen molar-refractivity contribution in [2.45, 2.75) is 82.5 Å². The molecule has 8 nitrogen and oxygen atoms in total. The van der Waals surface area contributed by atoms with Gasteiger partial charge < -0.3 is 15.0 Å². The molecular formula is C37H42F2N6O2. The van der Waals surface area contributed by atoms with Crippen LogP contribution in [0.25, 0.3) is 22.2 Å². The summed E-state index contributed by atoms with van der Waals surface area (Å²) in [7, 11) is 0. The van der Waals surface area contributed by atoms with Crippen LogP contribution in [-0.4, -0.2) is 68.5 Å². The molecule has 4 aromatic rings. The number of ether oxygens (including phenoxy) is 1. The van der Waals surface area contributed by atoms with Crippen LogP contribution >= 0.6 is 0 Å². The number of carbonyl (C=O) groups excluding carboxylic acids is 1. The molecule has 2 atom stereocenters. The SMILES string of the molecule is CC(C)C1(F)CCc2nc3c(F)cc(C(=O)NC(CCN4CCC5(CCCO5)CC4)c4ccc(-c5ccnnc5)nc4)cc3cc2C1. The highest BCUT2D eigenvalue weighted by Crippen LogP contribution is 2.38. The lowest BCUT2D eigenvalue weighted by molar-refractivity contribution is -0.0436. The first-order chi connectivity index (χ1) is 22.7. The Morgan fingerprint density at radius 1 is 1.06 bits per heavy atom. The van der Waals surface area contributed by atoms with E-state index in [9.17, 15) is 4.79 Å². The van der Waals surface area contributed by atoms with Gasteiger partial charge in [0, 0.05) is 61.1 Å². The first-order valence-corrected chi connectivity index (χ1v) is 16.9. The van der Waals surface area contributed by atoms with E-state index in [4.69, 9.17) is 4.74 Å². The Morgan fingerprint density at radius 3 is 2.62 bits per heavy atom. The molecule has 246 valence electrons. The minimum atomic E-state index is -1.32. The van der Waals surface area contributed by atoms with E-state index in [1.54, 1.807) is 24.7 Å². The molecule has 10 heteroatoms. The van der Waals surface area contributed by atoms with E-state index < -0.39 is 11.5 Å². The molecule has 0 radical (unpaired) electrons. The fourth-order valence-corrected chi connectivity index (χ4v) is 7.48. The van der Waals surface area contributed by atoms with Gasteiger partial charge in [-0.1, -0.05) is 19.9 Å². The maximum absolute atomic E-state index is 15.6. The Balaban J connectivity index is 1.12. The van der Waals surface area contributed by atoms with Gasteiger partial charge in [0.25, 0.3) is 5.91 Å². The number of likely N-dealkylation sites (tertiary alicyclic amines) is 1. The zero-order valence-corrected chi connectivity index (χ0v) is 27.1. The summed E-state index contributed by atoms with van der Waals surface area (Å²) in [5.74, 6) is -1.07. The van der Waals surface area contributed by atoms with Crippen LogP contribution in [0, 0.1) is 11.7 Å². The van der Waals surface area contributed by atoms with Gasteiger partial charge >= 0.3 is 0 Å². The zero-order chi connectivity index (χ0) is 32.6. The maximum atomic E-state index is 15.6. The molecule has 3 aliphatic rings. The van der Waals surface area contributed by atoms with E-state index in [0.29, 0.717) is 24.6 Å². The molecule has 1 aliphatic carbocycles. The van der Waals surface area contributed by atoms with Crippen LogP contribution in [0.4, 0.5) is 8.78 Å². The molecule has 1 amide bonds. The molecule has 1 spiro atoms. The number of hydrogen-bond acceptors (Lipinski definition) is 7. The van der Waals surface area contributed by atoms with Gasteiger partial charge in [0.15, 0.2) is 0 Å². The van der Waals surface area contributed by atoms with E-state index in [-0.39, 0.29) is 41.0 Å². The molecule has 3 aromatic heterocycles. The highest BCUT2D eigenvalue weighted by Gasteiger charge is 2.39. The number of carbonyl (C=O) groups is 1. The second-order valence-corrected chi connectivity index (χ2v) is 13.9. The lowest BCUT2D eigenvalue weighted by atomic mass is 9.77. The second kappa shape index (κ2) is 13.0. The predicted molar refractivity (Wildman–Crippen MR) is 176 cm³/mol. The average molecular weight is 641 g/mol. The van der Waals surface area contributed by atoms with Crippen molar-refractivity contribution in [1.82, 2.24) is 30.4 Å². The third-order valence-corrected chi connectivity index (χ3v) is 10.7. The minimum absolute atomic E-state index is 0.0421. The Labute approximate surface area is 274 Å². The largest absolute Gasteiger partial charge is 0.375 e. The van der Waals surface area contributed by atoms with E-state index >= 15 is 8.78 Å². The van der Waals surface area contributed by atoms with Gasteiger partial charge in [0.1, 0.15) is 17.0 Å². The highest BCUT2D eigenvalue weighted by atomic mass is 19.1. The van der Waals surface area contributed by atoms with Gasteiger partial charge in [0.2, 0.25) is 0 Å². The molecular weight excluding hydrogens is 598 g/mol. The summed E-state index contributed by atoms with van der Waals surface area (Å²) < 4.78 is 37.2. The van der Waals surface area contributed by atoms with Crippen LogP contribution in [0.15, 0.2) is 55.0 Å². The summed E-state index contributed by atoms with van der Waals surface area (Å²) in [6.45, 7) is 7.34. The number of hydrogen-bond donors (Lipinski definition) is 1. The molecule has 1 N–H and O–H groups in total. The minimum Gasteiger partial charge on any atom is -0.375 e. The lowest BCUT2D eigenvalue weighted by Crippen LogP contribution is -2.44. The summed E-state index contributed by atoms with van der Waals surface area (Å²) in [5, 5.41) is 11.5. The van der Waals surface area contributed by atoms with Crippen LogP contribution in [0.1, 0.15) is 85.6 Å². The highest BCUT2D eigenvalue weighted by molar-refractivity contribution is 5.98. The fourth-order valence-electron chi connectivity index (χ4n) is 7.48. The van der Waals surface area contributed by atoms with E-state index in [1.807, 2.05) is 38.1 Å². The lowest BCUT2D eigenvalue weighted by Gasteiger charge is -2.39. The number of amides is 1. The number of halogens is 2. The van der Waals surface area contributed by atoms with Crippen molar-refractivity contribution in [1.29, 1.82) is 0 Å². The number of piperidine rings is 1. The molecule has 1 aromatic carbocycles. The fraction of sp³-hybridized carbons (Fsp3) is 0.486. The zero-order valence-electron chi connectivity index (χ0n) is 27.1. The monoisotopic (exact) mass is 640 g/mol. The van der Waals surface area contributed by atoms with Crippen molar-refractivity contribution in [2.75, 3.05) is 26.2 Å². The summed E-state index contributed by atoms with van der Waals surface area (Å²) in [6, 6.07) is 10.1. The smallest absolute Gasteiger partial charge is 0.251 e. The molecule has 5 heterocycles. The van der Waals surface area contributed by atoms with Crippen LogP contribution in [-0.2, 0) is 17.6 Å². The van der Waals surface area contributed by atoms with Crippen molar-refractivity contribution in [3.8, 4) is 11.3 Å². The maximum Gasteiger partial charge on any atom is 0.251 e. The third kappa shape index (κ3) is 6.63. The number of benzene rings is 1.